The minimum absolute atomic E-state index is 0.0403. The predicted octanol–water partition coefficient (Wildman–Crippen LogP) is 0.843. The summed E-state index contributed by atoms with van der Waals surface area (Å²) in [5.41, 5.74) is 0.948. The highest BCUT2D eigenvalue weighted by atomic mass is 16.5. The fourth-order valence-corrected chi connectivity index (χ4v) is 1.18. The number of nitrogens with zero attached hydrogens (tertiary/aromatic N) is 2. The van der Waals surface area contributed by atoms with Crippen LogP contribution in [0.1, 0.15) is 0 Å². The van der Waals surface area contributed by atoms with Gasteiger partial charge in [-0.15, -0.1) is 5.10 Å². The lowest BCUT2D eigenvalue weighted by Crippen LogP contribution is -2.02. The maximum absolute atomic E-state index is 8.56. The van der Waals surface area contributed by atoms with Crippen LogP contribution in [0.2, 0.25) is 0 Å². The summed E-state index contributed by atoms with van der Waals surface area (Å²) >= 11 is 0. The molecule has 0 atom stereocenters. The Bertz CT molecular complexity index is 414. The summed E-state index contributed by atoms with van der Waals surface area (Å²) in [7, 11) is 0. The van der Waals surface area contributed by atoms with Crippen molar-refractivity contribution in [3.05, 3.63) is 30.3 Å². The summed E-state index contributed by atoms with van der Waals surface area (Å²) < 4.78 is 5.08. The van der Waals surface area contributed by atoms with Crippen molar-refractivity contribution in [2.45, 2.75) is 0 Å². The largest absolute Gasteiger partial charge is 0.461 e. The number of hydrogen-bond acceptors (Lipinski definition) is 4. The zero-order chi connectivity index (χ0) is 10.5. The van der Waals surface area contributed by atoms with E-state index < -0.39 is 0 Å². The Balaban J connectivity index is 2.14. The van der Waals surface area contributed by atoms with Gasteiger partial charge in [0.05, 0.1) is 6.61 Å². The van der Waals surface area contributed by atoms with E-state index >= 15 is 0 Å². The van der Waals surface area contributed by atoms with Crippen LogP contribution in [0.3, 0.4) is 0 Å². The van der Waals surface area contributed by atoms with Crippen LogP contribution >= 0.6 is 0 Å². The average molecular weight is 205 g/mol. The number of hydrogen-bond donors (Lipinski definition) is 2. The number of nitrogens with one attached hydrogen (secondary N) is 1. The third-order valence-corrected chi connectivity index (χ3v) is 1.84. The van der Waals surface area contributed by atoms with Crippen LogP contribution in [0.25, 0.3) is 11.4 Å². The molecule has 78 valence electrons. The standard InChI is InChI=1S/C10H11N3O2/c14-6-7-15-10-11-9(12-13-10)8-4-2-1-3-5-8/h1-5,14H,6-7H2,(H,11,12,13). The molecular formula is C10H11N3O2. The van der Waals surface area contributed by atoms with E-state index in [0.717, 1.165) is 5.56 Å². The third-order valence-electron chi connectivity index (χ3n) is 1.84. The monoisotopic (exact) mass is 205 g/mol. The Morgan fingerprint density at radius 2 is 2.00 bits per heavy atom. The first kappa shape index (κ1) is 9.67. The molecule has 1 aromatic heterocycles. The molecule has 0 bridgehead atoms. The van der Waals surface area contributed by atoms with Gasteiger partial charge in [-0.2, -0.15) is 0 Å². The number of ether oxygens (including phenoxy) is 1. The SMILES string of the molecule is OCCOc1nnc(-c2ccccc2)[nH]1. The van der Waals surface area contributed by atoms with Crippen LogP contribution in [0, 0.1) is 0 Å². The quantitative estimate of drug-likeness (QED) is 0.776. The lowest BCUT2D eigenvalue weighted by atomic mass is 10.2. The Kier molecular flexibility index (Phi) is 2.94. The van der Waals surface area contributed by atoms with Gasteiger partial charge < -0.3 is 9.84 Å². The fourth-order valence-electron chi connectivity index (χ4n) is 1.18. The van der Waals surface area contributed by atoms with E-state index in [1.165, 1.54) is 0 Å². The van der Waals surface area contributed by atoms with Gasteiger partial charge >= 0.3 is 6.01 Å². The summed E-state index contributed by atoms with van der Waals surface area (Å²) in [6.07, 6.45) is 0. The van der Waals surface area contributed by atoms with Crippen molar-refractivity contribution < 1.29 is 9.84 Å². The van der Waals surface area contributed by atoms with Crippen LogP contribution in [-0.4, -0.2) is 33.5 Å². The Labute approximate surface area is 86.7 Å². The summed E-state index contributed by atoms with van der Waals surface area (Å²) in [6.45, 7) is 0.171. The molecule has 0 amide bonds. The van der Waals surface area contributed by atoms with Gasteiger partial charge in [-0.05, 0) is 0 Å². The lowest BCUT2D eigenvalue weighted by molar-refractivity contribution is 0.192. The maximum Gasteiger partial charge on any atom is 0.314 e. The second-order valence-corrected chi connectivity index (χ2v) is 2.92. The number of benzene rings is 1. The molecule has 0 aliphatic rings. The van der Waals surface area contributed by atoms with Gasteiger partial charge in [-0.3, -0.25) is 4.98 Å². The van der Waals surface area contributed by atoms with E-state index in [1.807, 2.05) is 30.3 Å². The van der Waals surface area contributed by atoms with Crippen LogP contribution in [0.4, 0.5) is 0 Å². The Hall–Kier alpha value is -1.88. The zero-order valence-corrected chi connectivity index (χ0v) is 8.05. The van der Waals surface area contributed by atoms with Crippen molar-refractivity contribution in [3.63, 3.8) is 0 Å². The molecule has 0 saturated heterocycles. The van der Waals surface area contributed by atoms with Crippen LogP contribution in [0.15, 0.2) is 30.3 Å². The normalized spacial score (nSPS) is 10.2. The molecule has 2 rings (SSSR count). The van der Waals surface area contributed by atoms with E-state index in [1.54, 1.807) is 0 Å². The second kappa shape index (κ2) is 4.56. The van der Waals surface area contributed by atoms with Crippen molar-refractivity contribution in [1.82, 2.24) is 15.2 Å². The summed E-state index contributed by atoms with van der Waals surface area (Å²) in [5.74, 6) is 0.656. The zero-order valence-electron chi connectivity index (χ0n) is 8.05. The topological polar surface area (TPSA) is 71.0 Å². The fraction of sp³-hybridized carbons (Fsp3) is 0.200. The molecule has 0 saturated carbocycles. The maximum atomic E-state index is 8.56. The van der Waals surface area contributed by atoms with Gasteiger partial charge in [0.25, 0.3) is 0 Å². The number of aliphatic hydroxyl groups is 1. The van der Waals surface area contributed by atoms with Gasteiger partial charge in [0.2, 0.25) is 0 Å². The van der Waals surface area contributed by atoms with Crippen LogP contribution in [-0.2, 0) is 0 Å². The third kappa shape index (κ3) is 2.32. The van der Waals surface area contributed by atoms with Crippen molar-refractivity contribution >= 4 is 0 Å². The molecule has 2 aromatic rings. The molecule has 0 aliphatic heterocycles. The number of rotatable bonds is 4. The summed E-state index contributed by atoms with van der Waals surface area (Å²) in [5, 5.41) is 16.3. The summed E-state index contributed by atoms with van der Waals surface area (Å²) in [6, 6.07) is 9.95. The second-order valence-electron chi connectivity index (χ2n) is 2.92. The van der Waals surface area contributed by atoms with Crippen molar-refractivity contribution in [3.8, 4) is 17.4 Å². The first-order valence-electron chi connectivity index (χ1n) is 4.62. The number of aliphatic hydroxyl groups excluding tert-OH is 1. The molecule has 0 unspecified atom stereocenters. The molecule has 0 spiro atoms. The van der Waals surface area contributed by atoms with Crippen LogP contribution < -0.4 is 4.74 Å². The summed E-state index contributed by atoms with van der Waals surface area (Å²) in [4.78, 5) is 2.91. The van der Waals surface area contributed by atoms with Gasteiger partial charge in [0, 0.05) is 5.56 Å². The van der Waals surface area contributed by atoms with E-state index in [2.05, 4.69) is 15.2 Å². The molecule has 2 N–H and O–H groups in total. The molecule has 0 fully saturated rings. The number of aromatic amines is 1. The van der Waals surface area contributed by atoms with E-state index in [0.29, 0.717) is 11.8 Å². The highest BCUT2D eigenvalue weighted by Gasteiger charge is 2.04. The van der Waals surface area contributed by atoms with Gasteiger partial charge in [0.1, 0.15) is 6.61 Å². The Morgan fingerprint density at radius 3 is 2.73 bits per heavy atom. The van der Waals surface area contributed by atoms with E-state index in [-0.39, 0.29) is 13.2 Å². The first-order chi connectivity index (χ1) is 7.40. The highest BCUT2D eigenvalue weighted by molar-refractivity contribution is 5.54. The highest BCUT2D eigenvalue weighted by Crippen LogP contribution is 2.15. The van der Waals surface area contributed by atoms with Gasteiger partial charge in [0.15, 0.2) is 5.82 Å². The molecule has 1 heterocycles. The molecular weight excluding hydrogens is 194 g/mol. The average Bonchev–Trinajstić information content (AvgIpc) is 2.76. The molecule has 0 radical (unpaired) electrons. The number of H-pyrrole nitrogens is 1. The minimum atomic E-state index is -0.0403. The van der Waals surface area contributed by atoms with E-state index in [4.69, 9.17) is 9.84 Å². The smallest absolute Gasteiger partial charge is 0.314 e. The van der Waals surface area contributed by atoms with Gasteiger partial charge in [-0.25, -0.2) is 0 Å². The van der Waals surface area contributed by atoms with Crippen LogP contribution in [0.5, 0.6) is 6.01 Å². The predicted molar refractivity (Wildman–Crippen MR) is 54.4 cm³/mol. The first-order valence-corrected chi connectivity index (χ1v) is 4.62. The molecule has 5 heteroatoms. The van der Waals surface area contributed by atoms with Gasteiger partial charge in [-0.1, -0.05) is 35.4 Å². The molecule has 5 nitrogen and oxygen atoms in total. The van der Waals surface area contributed by atoms with E-state index in [9.17, 15) is 0 Å². The minimum Gasteiger partial charge on any atom is -0.461 e. The van der Waals surface area contributed by atoms with Crippen molar-refractivity contribution in [2.75, 3.05) is 13.2 Å². The Morgan fingerprint density at radius 1 is 1.20 bits per heavy atom. The molecule has 1 aromatic carbocycles. The van der Waals surface area contributed by atoms with Crippen molar-refractivity contribution in [1.29, 1.82) is 0 Å². The van der Waals surface area contributed by atoms with Crippen molar-refractivity contribution in [2.24, 2.45) is 0 Å². The number of aromatic nitrogens is 3. The molecule has 15 heavy (non-hydrogen) atoms. The lowest BCUT2D eigenvalue weighted by Gasteiger charge is -1.96. The molecule has 0 aliphatic carbocycles.